The summed E-state index contributed by atoms with van der Waals surface area (Å²) in [6, 6.07) is 5.26. The molecule has 0 unspecified atom stereocenters. The van der Waals surface area contributed by atoms with Crippen LogP contribution in [0.5, 0.6) is 0 Å². The normalized spacial score (nSPS) is 16.2. The van der Waals surface area contributed by atoms with Crippen molar-refractivity contribution in [2.45, 2.75) is 6.92 Å². The van der Waals surface area contributed by atoms with Crippen molar-refractivity contribution in [3.8, 4) is 0 Å². The Morgan fingerprint density at radius 1 is 1.20 bits per heavy atom. The minimum Gasteiger partial charge on any atom is -0.376 e. The van der Waals surface area contributed by atoms with Crippen LogP contribution in [-0.2, 0) is 4.79 Å². The molecule has 110 valence electrons. The van der Waals surface area contributed by atoms with E-state index < -0.39 is 0 Å². The summed E-state index contributed by atoms with van der Waals surface area (Å²) in [5.74, 6) is 0.117. The highest BCUT2D eigenvalue weighted by Gasteiger charge is 2.19. The molecular weight excluding hydrogens is 297 g/mol. The van der Waals surface area contributed by atoms with Crippen molar-refractivity contribution in [2.75, 3.05) is 44.6 Å². The van der Waals surface area contributed by atoms with Crippen LogP contribution in [-0.4, -0.2) is 55.0 Å². The van der Waals surface area contributed by atoms with E-state index in [1.165, 1.54) is 0 Å². The number of anilines is 1. The van der Waals surface area contributed by atoms with E-state index in [-0.39, 0.29) is 12.5 Å². The zero-order valence-corrected chi connectivity index (χ0v) is 13.0. The lowest BCUT2D eigenvalue weighted by atomic mass is 10.3. The minimum absolute atomic E-state index is 0.117. The molecule has 0 atom stereocenters. The lowest BCUT2D eigenvalue weighted by Gasteiger charge is -2.34. The van der Waals surface area contributed by atoms with Gasteiger partial charge in [-0.1, -0.05) is 30.1 Å². The zero-order chi connectivity index (χ0) is 14.5. The maximum atomic E-state index is 12.1. The largest absolute Gasteiger partial charge is 0.376 e. The van der Waals surface area contributed by atoms with Gasteiger partial charge in [0.15, 0.2) is 0 Å². The van der Waals surface area contributed by atoms with Crippen molar-refractivity contribution in [3.63, 3.8) is 0 Å². The second-order valence-electron chi connectivity index (χ2n) is 4.80. The predicted molar refractivity (Wildman–Crippen MR) is 83.6 cm³/mol. The van der Waals surface area contributed by atoms with Gasteiger partial charge < -0.3 is 15.1 Å². The van der Waals surface area contributed by atoms with Gasteiger partial charge >= 0.3 is 0 Å². The number of benzene rings is 1. The first-order chi connectivity index (χ1) is 9.60. The molecule has 4 nitrogen and oxygen atoms in total. The minimum atomic E-state index is 0.117. The number of carbonyl (C=O) groups excluding carboxylic acids is 1. The molecule has 0 aromatic heterocycles. The van der Waals surface area contributed by atoms with Crippen LogP contribution >= 0.6 is 23.2 Å². The number of rotatable bonds is 4. The van der Waals surface area contributed by atoms with E-state index >= 15 is 0 Å². The van der Waals surface area contributed by atoms with Crippen LogP contribution < -0.4 is 5.32 Å². The average molecular weight is 316 g/mol. The Hall–Kier alpha value is -0.970. The number of hydrogen-bond acceptors (Lipinski definition) is 3. The molecule has 1 aliphatic heterocycles. The number of nitrogens with one attached hydrogen (secondary N) is 1. The highest BCUT2D eigenvalue weighted by Crippen LogP contribution is 2.24. The highest BCUT2D eigenvalue weighted by atomic mass is 35.5. The number of halogens is 2. The van der Waals surface area contributed by atoms with Crippen LogP contribution in [0, 0.1) is 0 Å². The first-order valence-corrected chi connectivity index (χ1v) is 7.55. The molecule has 1 saturated heterocycles. The number of amides is 1. The summed E-state index contributed by atoms with van der Waals surface area (Å²) in [5.41, 5.74) is 0.806. The fourth-order valence-electron chi connectivity index (χ4n) is 2.21. The summed E-state index contributed by atoms with van der Waals surface area (Å²) >= 11 is 11.8. The molecule has 1 aromatic carbocycles. The van der Waals surface area contributed by atoms with E-state index in [0.717, 1.165) is 38.4 Å². The summed E-state index contributed by atoms with van der Waals surface area (Å²) in [4.78, 5) is 16.3. The van der Waals surface area contributed by atoms with Crippen LogP contribution in [0.2, 0.25) is 10.0 Å². The van der Waals surface area contributed by atoms with Crippen LogP contribution in [0.4, 0.5) is 5.69 Å². The molecule has 0 radical (unpaired) electrons. The smallest absolute Gasteiger partial charge is 0.241 e. The van der Waals surface area contributed by atoms with Crippen molar-refractivity contribution in [3.05, 3.63) is 28.2 Å². The number of nitrogens with zero attached hydrogens (tertiary/aromatic N) is 2. The van der Waals surface area contributed by atoms with Crippen molar-refractivity contribution in [1.29, 1.82) is 0 Å². The molecule has 2 rings (SSSR count). The summed E-state index contributed by atoms with van der Waals surface area (Å²) in [7, 11) is 0. The molecule has 1 fully saturated rings. The van der Waals surface area contributed by atoms with E-state index in [1.54, 1.807) is 12.1 Å². The first kappa shape index (κ1) is 15.4. The summed E-state index contributed by atoms with van der Waals surface area (Å²) in [6.45, 7) is 6.98. The Kier molecular flexibility index (Phi) is 5.52. The Morgan fingerprint density at radius 3 is 2.50 bits per heavy atom. The van der Waals surface area contributed by atoms with Gasteiger partial charge in [-0.05, 0) is 24.7 Å². The maximum Gasteiger partial charge on any atom is 0.241 e. The molecule has 1 N–H and O–H groups in total. The Balaban J connectivity index is 1.81. The molecule has 1 heterocycles. The lowest BCUT2D eigenvalue weighted by Crippen LogP contribution is -2.49. The van der Waals surface area contributed by atoms with Crippen molar-refractivity contribution in [2.24, 2.45) is 0 Å². The molecule has 1 amide bonds. The third kappa shape index (κ3) is 4.01. The topological polar surface area (TPSA) is 35.6 Å². The van der Waals surface area contributed by atoms with Gasteiger partial charge in [-0.25, -0.2) is 0 Å². The average Bonchev–Trinajstić information content (AvgIpc) is 2.48. The molecule has 20 heavy (non-hydrogen) atoms. The molecule has 0 saturated carbocycles. The Bertz CT molecular complexity index is 473. The number of piperazine rings is 1. The molecule has 1 aromatic rings. The van der Waals surface area contributed by atoms with Gasteiger partial charge in [0.1, 0.15) is 0 Å². The van der Waals surface area contributed by atoms with Crippen LogP contribution in [0.1, 0.15) is 6.92 Å². The second-order valence-corrected chi connectivity index (χ2v) is 5.61. The fraction of sp³-hybridized carbons (Fsp3) is 0.500. The first-order valence-electron chi connectivity index (χ1n) is 6.79. The van der Waals surface area contributed by atoms with Gasteiger partial charge in [0.05, 0.1) is 16.6 Å². The van der Waals surface area contributed by atoms with Gasteiger partial charge in [-0.2, -0.15) is 0 Å². The molecule has 6 heteroatoms. The lowest BCUT2D eigenvalue weighted by molar-refractivity contribution is -0.131. The number of hydrogen-bond donors (Lipinski definition) is 1. The zero-order valence-electron chi connectivity index (χ0n) is 11.5. The second kappa shape index (κ2) is 7.16. The van der Waals surface area contributed by atoms with Gasteiger partial charge in [0.2, 0.25) is 5.91 Å². The Morgan fingerprint density at radius 2 is 1.90 bits per heavy atom. The summed E-state index contributed by atoms with van der Waals surface area (Å²) < 4.78 is 0. The van der Waals surface area contributed by atoms with Crippen LogP contribution in [0.25, 0.3) is 0 Å². The quantitative estimate of drug-likeness (QED) is 0.927. The summed E-state index contributed by atoms with van der Waals surface area (Å²) in [5, 5.41) is 4.09. The Labute approximate surface area is 129 Å². The van der Waals surface area contributed by atoms with E-state index in [0.29, 0.717) is 10.0 Å². The monoisotopic (exact) mass is 315 g/mol. The fourth-order valence-corrected chi connectivity index (χ4v) is 2.51. The van der Waals surface area contributed by atoms with Gasteiger partial charge in [-0.3, -0.25) is 4.79 Å². The molecule has 0 bridgehead atoms. The van der Waals surface area contributed by atoms with E-state index in [9.17, 15) is 4.79 Å². The van der Waals surface area contributed by atoms with Crippen LogP contribution in [0.3, 0.4) is 0 Å². The van der Waals surface area contributed by atoms with Gasteiger partial charge in [0.25, 0.3) is 0 Å². The van der Waals surface area contributed by atoms with Gasteiger partial charge in [0, 0.05) is 31.9 Å². The summed E-state index contributed by atoms with van der Waals surface area (Å²) in [6.07, 6.45) is 0. The van der Waals surface area contributed by atoms with Crippen molar-refractivity contribution in [1.82, 2.24) is 9.80 Å². The van der Waals surface area contributed by atoms with E-state index in [1.807, 2.05) is 11.0 Å². The maximum absolute atomic E-state index is 12.1. The third-order valence-electron chi connectivity index (χ3n) is 3.54. The SMILES string of the molecule is CCN1CCN(C(=O)CNc2ccc(Cl)c(Cl)c2)CC1. The van der Waals surface area contributed by atoms with E-state index in [2.05, 4.69) is 17.1 Å². The highest BCUT2D eigenvalue weighted by molar-refractivity contribution is 6.42. The molecule has 0 spiro atoms. The molecular formula is C14H19Cl2N3O. The third-order valence-corrected chi connectivity index (χ3v) is 4.27. The van der Waals surface area contributed by atoms with Crippen LogP contribution in [0.15, 0.2) is 18.2 Å². The standard InChI is InChI=1S/C14H19Cl2N3O/c1-2-18-5-7-19(8-6-18)14(20)10-17-11-3-4-12(15)13(16)9-11/h3-4,9,17H,2,5-8,10H2,1H3. The molecule has 0 aliphatic carbocycles. The molecule has 1 aliphatic rings. The van der Waals surface area contributed by atoms with Crippen molar-refractivity contribution < 1.29 is 4.79 Å². The predicted octanol–water partition coefficient (Wildman–Crippen LogP) is 2.57. The number of likely N-dealkylation sites (N-methyl/N-ethyl adjacent to an activating group) is 1. The van der Waals surface area contributed by atoms with E-state index in [4.69, 9.17) is 23.2 Å². The van der Waals surface area contributed by atoms with Gasteiger partial charge in [-0.15, -0.1) is 0 Å². The van der Waals surface area contributed by atoms with Crippen molar-refractivity contribution >= 4 is 34.8 Å². The number of carbonyl (C=O) groups is 1.